The van der Waals surface area contributed by atoms with Crippen LogP contribution in [0.25, 0.3) is 0 Å². The van der Waals surface area contributed by atoms with Crippen molar-refractivity contribution in [2.45, 2.75) is 44.6 Å². The first kappa shape index (κ1) is 19.0. The summed E-state index contributed by atoms with van der Waals surface area (Å²) in [6.07, 6.45) is 6.92. The quantitative estimate of drug-likeness (QED) is 0.752. The van der Waals surface area contributed by atoms with Gasteiger partial charge in [0.2, 0.25) is 15.9 Å². The summed E-state index contributed by atoms with van der Waals surface area (Å²) in [6.45, 7) is 0.287. The highest BCUT2D eigenvalue weighted by Gasteiger charge is 2.39. The second-order valence-corrected chi connectivity index (χ2v) is 9.39. The lowest BCUT2D eigenvalue weighted by atomic mass is 9.95. The second-order valence-electron chi connectivity index (χ2n) is 7.49. The fraction of sp³-hybridized carbons (Fsp3) is 0.632. The van der Waals surface area contributed by atoms with Crippen molar-refractivity contribution in [3.05, 3.63) is 24.3 Å². The molecule has 7 heteroatoms. The number of methoxy groups -OCH3 is 1. The average molecular weight is 381 g/mol. The lowest BCUT2D eigenvalue weighted by Crippen LogP contribution is -2.39. The molecule has 144 valence electrons. The Morgan fingerprint density at radius 2 is 1.96 bits per heavy atom. The number of hydrogen-bond donors (Lipinski definition) is 1. The molecule has 0 unspecified atom stereocenters. The van der Waals surface area contributed by atoms with E-state index in [2.05, 4.69) is 5.32 Å². The molecule has 2 fully saturated rings. The molecule has 0 aliphatic heterocycles. The number of rotatable bonds is 8. The third kappa shape index (κ3) is 4.50. The van der Waals surface area contributed by atoms with Gasteiger partial charge in [-0.2, -0.15) is 0 Å². The lowest BCUT2D eigenvalue weighted by Gasteiger charge is -2.24. The van der Waals surface area contributed by atoms with Gasteiger partial charge in [0.15, 0.2) is 0 Å². The largest absolute Gasteiger partial charge is 0.497 e. The summed E-state index contributed by atoms with van der Waals surface area (Å²) in [5, 5.41) is 3.15. The van der Waals surface area contributed by atoms with Crippen LogP contribution in [0.15, 0.2) is 24.3 Å². The van der Waals surface area contributed by atoms with Crippen LogP contribution >= 0.6 is 0 Å². The average Bonchev–Trinajstić information content (AvgIpc) is 3.21. The summed E-state index contributed by atoms with van der Waals surface area (Å²) in [5.74, 6) is 2.15. The number of hydrogen-bond acceptors (Lipinski definition) is 4. The first-order valence-electron chi connectivity index (χ1n) is 9.28. The van der Waals surface area contributed by atoms with Gasteiger partial charge in [-0.15, -0.1) is 0 Å². The number of carbonyl (C=O) groups excluding carboxylic acids is 1. The number of fused-ring (bicyclic) bond motifs is 2. The molecular formula is C19H28N2O4S. The minimum Gasteiger partial charge on any atom is -0.497 e. The van der Waals surface area contributed by atoms with Crippen molar-refractivity contribution in [2.75, 3.05) is 24.2 Å². The molecule has 0 radical (unpaired) electrons. The molecule has 26 heavy (non-hydrogen) atoms. The van der Waals surface area contributed by atoms with E-state index in [-0.39, 0.29) is 12.5 Å². The highest BCUT2D eigenvalue weighted by molar-refractivity contribution is 7.92. The molecular weight excluding hydrogens is 352 g/mol. The number of benzene rings is 1. The van der Waals surface area contributed by atoms with Crippen molar-refractivity contribution in [2.24, 2.45) is 11.8 Å². The zero-order chi connectivity index (χ0) is 18.7. The van der Waals surface area contributed by atoms with Crippen molar-refractivity contribution in [1.82, 2.24) is 5.32 Å². The van der Waals surface area contributed by atoms with E-state index in [1.54, 1.807) is 31.4 Å². The number of amides is 1. The van der Waals surface area contributed by atoms with Crippen molar-refractivity contribution in [1.29, 1.82) is 0 Å². The van der Waals surface area contributed by atoms with Crippen LogP contribution in [0.3, 0.4) is 0 Å². The van der Waals surface area contributed by atoms with Gasteiger partial charge in [-0.1, -0.05) is 6.42 Å². The number of anilines is 1. The van der Waals surface area contributed by atoms with Crippen LogP contribution in [0, 0.1) is 11.8 Å². The molecule has 1 amide bonds. The smallest absolute Gasteiger partial charge is 0.232 e. The Morgan fingerprint density at radius 3 is 2.50 bits per heavy atom. The summed E-state index contributed by atoms with van der Waals surface area (Å²) in [4.78, 5) is 12.2. The van der Waals surface area contributed by atoms with Crippen LogP contribution in [-0.4, -0.2) is 40.3 Å². The minimum atomic E-state index is -3.40. The fourth-order valence-electron chi connectivity index (χ4n) is 4.32. The SMILES string of the molecule is COc1ccc(N(CCCC(=O)N[C@H]2C[C@H]3CC[C@H]2C3)S(C)(=O)=O)cc1. The van der Waals surface area contributed by atoms with Gasteiger partial charge in [0.05, 0.1) is 19.1 Å². The van der Waals surface area contributed by atoms with E-state index in [1.165, 1.54) is 29.8 Å². The molecule has 2 saturated carbocycles. The highest BCUT2D eigenvalue weighted by atomic mass is 32.2. The number of nitrogens with one attached hydrogen (secondary N) is 1. The Hall–Kier alpha value is -1.76. The van der Waals surface area contributed by atoms with Gasteiger partial charge in [-0.3, -0.25) is 9.10 Å². The van der Waals surface area contributed by atoms with Crippen LogP contribution in [0.5, 0.6) is 5.75 Å². The van der Waals surface area contributed by atoms with Crippen LogP contribution in [0.2, 0.25) is 0 Å². The normalized spacial score (nSPS) is 24.5. The molecule has 3 atom stereocenters. The van der Waals surface area contributed by atoms with Crippen LogP contribution in [0.4, 0.5) is 5.69 Å². The molecule has 2 aliphatic rings. The molecule has 0 heterocycles. The summed E-state index contributed by atoms with van der Waals surface area (Å²) in [5.41, 5.74) is 0.585. The van der Waals surface area contributed by atoms with Gasteiger partial charge in [0.1, 0.15) is 5.75 Å². The maximum atomic E-state index is 12.2. The molecule has 3 rings (SSSR count). The first-order chi connectivity index (χ1) is 12.4. The number of carbonyl (C=O) groups is 1. The molecule has 1 aromatic rings. The molecule has 0 saturated heterocycles. The number of nitrogens with zero attached hydrogens (tertiary/aromatic N) is 1. The van der Waals surface area contributed by atoms with Crippen molar-refractivity contribution < 1.29 is 17.9 Å². The fourth-order valence-corrected chi connectivity index (χ4v) is 5.28. The first-order valence-corrected chi connectivity index (χ1v) is 11.1. The molecule has 0 aromatic heterocycles. The maximum Gasteiger partial charge on any atom is 0.232 e. The Kier molecular flexibility index (Phi) is 5.75. The van der Waals surface area contributed by atoms with E-state index in [1.807, 2.05) is 0 Å². The molecule has 2 bridgehead atoms. The van der Waals surface area contributed by atoms with E-state index in [0.717, 1.165) is 12.3 Å². The molecule has 0 spiro atoms. The Balaban J connectivity index is 1.52. The van der Waals surface area contributed by atoms with Crippen LogP contribution < -0.4 is 14.4 Å². The summed E-state index contributed by atoms with van der Waals surface area (Å²) >= 11 is 0. The standard InChI is InChI=1S/C19H28N2O4S/c1-25-17-9-7-16(8-10-17)21(26(2,23)24)11-3-4-19(22)20-18-13-14-5-6-15(18)12-14/h7-10,14-15,18H,3-6,11-13H2,1-2H3,(H,20,22)/t14-,15-,18-/m0/s1. The van der Waals surface area contributed by atoms with Crippen LogP contribution in [0.1, 0.15) is 38.5 Å². The van der Waals surface area contributed by atoms with Gasteiger partial charge in [-0.25, -0.2) is 8.42 Å². The van der Waals surface area contributed by atoms with Crippen molar-refractivity contribution in [3.63, 3.8) is 0 Å². The van der Waals surface area contributed by atoms with Crippen LogP contribution in [-0.2, 0) is 14.8 Å². The van der Waals surface area contributed by atoms with Gasteiger partial charge < -0.3 is 10.1 Å². The van der Waals surface area contributed by atoms with Crippen molar-refractivity contribution >= 4 is 21.6 Å². The summed E-state index contributed by atoms with van der Waals surface area (Å²) in [7, 11) is -1.84. The van der Waals surface area contributed by atoms with Crippen molar-refractivity contribution in [3.8, 4) is 5.75 Å². The Labute approximate surface area is 156 Å². The monoisotopic (exact) mass is 380 g/mol. The van der Waals surface area contributed by atoms with E-state index in [0.29, 0.717) is 36.2 Å². The predicted octanol–water partition coefficient (Wildman–Crippen LogP) is 2.55. The van der Waals surface area contributed by atoms with Gasteiger partial charge in [-0.05, 0) is 61.8 Å². The van der Waals surface area contributed by atoms with Gasteiger partial charge >= 0.3 is 0 Å². The number of ether oxygens (including phenoxy) is 1. The van der Waals surface area contributed by atoms with E-state index >= 15 is 0 Å². The molecule has 1 N–H and O–H groups in total. The third-order valence-electron chi connectivity index (χ3n) is 5.61. The summed E-state index contributed by atoms with van der Waals surface area (Å²) < 4.78 is 30.7. The zero-order valence-corrected chi connectivity index (χ0v) is 16.3. The highest BCUT2D eigenvalue weighted by Crippen LogP contribution is 2.44. The molecule has 1 aromatic carbocycles. The Bertz CT molecular complexity index is 732. The number of sulfonamides is 1. The van der Waals surface area contributed by atoms with E-state index in [9.17, 15) is 13.2 Å². The predicted molar refractivity (Wildman–Crippen MR) is 102 cm³/mol. The lowest BCUT2D eigenvalue weighted by molar-refractivity contribution is -0.122. The minimum absolute atomic E-state index is 0.0331. The Morgan fingerprint density at radius 1 is 1.23 bits per heavy atom. The summed E-state index contributed by atoms with van der Waals surface area (Å²) in [6, 6.07) is 7.23. The second kappa shape index (κ2) is 7.86. The molecule has 2 aliphatic carbocycles. The maximum absolute atomic E-state index is 12.2. The molecule has 6 nitrogen and oxygen atoms in total. The van der Waals surface area contributed by atoms with E-state index in [4.69, 9.17) is 4.74 Å². The topological polar surface area (TPSA) is 75.7 Å². The van der Waals surface area contributed by atoms with E-state index < -0.39 is 10.0 Å². The van der Waals surface area contributed by atoms with Gasteiger partial charge in [0, 0.05) is 19.0 Å². The third-order valence-corrected chi connectivity index (χ3v) is 6.80. The zero-order valence-electron chi connectivity index (χ0n) is 15.5. The van der Waals surface area contributed by atoms with Gasteiger partial charge in [0.25, 0.3) is 0 Å².